The Morgan fingerprint density at radius 2 is 2.20 bits per heavy atom. The lowest BCUT2D eigenvalue weighted by molar-refractivity contribution is -0.145. The number of methoxy groups -OCH3 is 1. The number of hydrogen-bond acceptors (Lipinski definition) is 3. The van der Waals surface area contributed by atoms with Crippen molar-refractivity contribution in [3.63, 3.8) is 0 Å². The highest BCUT2D eigenvalue weighted by molar-refractivity contribution is 5.90. The molecular weight excluding hydrogens is 192 g/mol. The van der Waals surface area contributed by atoms with Crippen molar-refractivity contribution in [2.24, 2.45) is 16.7 Å². The molecule has 2 saturated carbocycles. The lowest BCUT2D eigenvalue weighted by atomic mass is 9.67. The lowest BCUT2D eigenvalue weighted by Gasteiger charge is -2.35. The van der Waals surface area contributed by atoms with Gasteiger partial charge in [0.05, 0.1) is 13.5 Å². The SMILES string of the molecule is COC(=O)C[C@@]1(C)[C@H]2CC[C@@]1(C)C(=O)C2. The van der Waals surface area contributed by atoms with Gasteiger partial charge in [-0.3, -0.25) is 9.59 Å². The van der Waals surface area contributed by atoms with Gasteiger partial charge in [-0.25, -0.2) is 0 Å². The summed E-state index contributed by atoms with van der Waals surface area (Å²) in [5, 5.41) is 0. The van der Waals surface area contributed by atoms with E-state index in [4.69, 9.17) is 4.74 Å². The third-order valence-electron chi connectivity index (χ3n) is 4.94. The van der Waals surface area contributed by atoms with Crippen LogP contribution in [0.4, 0.5) is 0 Å². The highest BCUT2D eigenvalue weighted by atomic mass is 16.5. The van der Waals surface area contributed by atoms with Crippen molar-refractivity contribution in [3.8, 4) is 0 Å². The van der Waals surface area contributed by atoms with Crippen LogP contribution in [0.2, 0.25) is 0 Å². The largest absolute Gasteiger partial charge is 0.469 e. The summed E-state index contributed by atoms with van der Waals surface area (Å²) in [6.45, 7) is 4.10. The smallest absolute Gasteiger partial charge is 0.306 e. The summed E-state index contributed by atoms with van der Waals surface area (Å²) in [4.78, 5) is 23.3. The summed E-state index contributed by atoms with van der Waals surface area (Å²) < 4.78 is 4.73. The normalized spacial score (nSPS) is 43.4. The molecule has 3 heteroatoms. The van der Waals surface area contributed by atoms with Crippen molar-refractivity contribution < 1.29 is 14.3 Å². The second-order valence-corrected chi connectivity index (χ2v) is 5.37. The first-order valence-electron chi connectivity index (χ1n) is 5.54. The minimum absolute atomic E-state index is 0.169. The number of ether oxygens (including phenoxy) is 1. The van der Waals surface area contributed by atoms with E-state index in [0.29, 0.717) is 24.5 Å². The molecule has 0 aromatic rings. The molecule has 0 aromatic carbocycles. The molecule has 0 saturated heterocycles. The van der Waals surface area contributed by atoms with Crippen LogP contribution in [0.5, 0.6) is 0 Å². The number of ketones is 1. The first kappa shape index (κ1) is 10.7. The topological polar surface area (TPSA) is 43.4 Å². The van der Waals surface area contributed by atoms with Crippen LogP contribution in [0.1, 0.15) is 39.5 Å². The summed E-state index contributed by atoms with van der Waals surface area (Å²) in [6, 6.07) is 0. The number of Topliss-reactive ketones (excluding diaryl/α,β-unsaturated/α-hetero) is 1. The summed E-state index contributed by atoms with van der Waals surface area (Å²) in [7, 11) is 1.41. The Bertz CT molecular complexity index is 323. The zero-order valence-electron chi connectivity index (χ0n) is 9.63. The highest BCUT2D eigenvalue weighted by Crippen LogP contribution is 2.65. The van der Waals surface area contributed by atoms with Gasteiger partial charge in [0.2, 0.25) is 0 Å². The maximum absolute atomic E-state index is 11.9. The standard InChI is InChI=1S/C12H18O3/c1-11-5-4-8(6-9(11)13)12(11,2)7-10(14)15-3/h8H,4-7H2,1-3H3/t8-,11-,12-/m0/s1. The second-order valence-electron chi connectivity index (χ2n) is 5.37. The fourth-order valence-electron chi connectivity index (χ4n) is 3.46. The van der Waals surface area contributed by atoms with Crippen LogP contribution in [0.25, 0.3) is 0 Å². The maximum Gasteiger partial charge on any atom is 0.306 e. The summed E-state index contributed by atoms with van der Waals surface area (Å²) in [5.74, 6) is 0.532. The molecule has 3 nitrogen and oxygen atoms in total. The van der Waals surface area contributed by atoms with Crippen LogP contribution in [-0.4, -0.2) is 18.9 Å². The van der Waals surface area contributed by atoms with Crippen LogP contribution >= 0.6 is 0 Å². The molecule has 0 amide bonds. The van der Waals surface area contributed by atoms with E-state index in [1.165, 1.54) is 7.11 Å². The van der Waals surface area contributed by atoms with Gasteiger partial charge >= 0.3 is 5.97 Å². The fourth-order valence-corrected chi connectivity index (χ4v) is 3.46. The number of hydrogen-bond donors (Lipinski definition) is 0. The van der Waals surface area contributed by atoms with E-state index >= 15 is 0 Å². The van der Waals surface area contributed by atoms with Crippen LogP contribution in [0.3, 0.4) is 0 Å². The van der Waals surface area contributed by atoms with E-state index < -0.39 is 0 Å². The number of carbonyl (C=O) groups excluding carboxylic acids is 2. The molecular formula is C12H18O3. The molecule has 3 atom stereocenters. The van der Waals surface area contributed by atoms with Gasteiger partial charge in [0, 0.05) is 11.8 Å². The van der Waals surface area contributed by atoms with Crippen molar-refractivity contribution in [1.82, 2.24) is 0 Å². The Kier molecular flexibility index (Phi) is 2.18. The van der Waals surface area contributed by atoms with Crippen LogP contribution in [0.15, 0.2) is 0 Å². The maximum atomic E-state index is 11.9. The van der Waals surface area contributed by atoms with E-state index in [1.54, 1.807) is 0 Å². The molecule has 2 bridgehead atoms. The quantitative estimate of drug-likeness (QED) is 0.654. The summed E-state index contributed by atoms with van der Waals surface area (Å²) >= 11 is 0. The number of esters is 1. The van der Waals surface area contributed by atoms with Crippen molar-refractivity contribution in [3.05, 3.63) is 0 Å². The molecule has 2 fully saturated rings. The molecule has 2 aliphatic carbocycles. The zero-order valence-corrected chi connectivity index (χ0v) is 9.63. The van der Waals surface area contributed by atoms with E-state index in [0.717, 1.165) is 12.8 Å². The Morgan fingerprint density at radius 3 is 2.60 bits per heavy atom. The van der Waals surface area contributed by atoms with Crippen LogP contribution in [0, 0.1) is 16.7 Å². The van der Waals surface area contributed by atoms with E-state index in [2.05, 4.69) is 6.92 Å². The number of carbonyl (C=O) groups is 2. The third-order valence-corrected chi connectivity index (χ3v) is 4.94. The van der Waals surface area contributed by atoms with Crippen LogP contribution < -0.4 is 0 Å². The van der Waals surface area contributed by atoms with Crippen molar-refractivity contribution in [2.75, 3.05) is 7.11 Å². The molecule has 0 radical (unpaired) electrons. The molecule has 2 rings (SSSR count). The predicted molar refractivity (Wildman–Crippen MR) is 55.2 cm³/mol. The predicted octanol–water partition coefficient (Wildman–Crippen LogP) is 1.94. The Morgan fingerprint density at radius 1 is 1.53 bits per heavy atom. The molecule has 0 aromatic heterocycles. The van der Waals surface area contributed by atoms with Crippen molar-refractivity contribution in [1.29, 1.82) is 0 Å². The van der Waals surface area contributed by atoms with Gasteiger partial charge in [0.15, 0.2) is 0 Å². The number of rotatable bonds is 2. The van der Waals surface area contributed by atoms with Gasteiger partial charge in [-0.1, -0.05) is 13.8 Å². The zero-order chi connectivity index (χ0) is 11.3. The van der Waals surface area contributed by atoms with Crippen LogP contribution in [-0.2, 0) is 14.3 Å². The Labute approximate surface area is 90.2 Å². The third kappa shape index (κ3) is 1.18. The van der Waals surface area contributed by atoms with Crippen molar-refractivity contribution >= 4 is 11.8 Å². The van der Waals surface area contributed by atoms with Crippen molar-refractivity contribution in [2.45, 2.75) is 39.5 Å². The molecule has 0 N–H and O–H groups in total. The molecule has 15 heavy (non-hydrogen) atoms. The van der Waals surface area contributed by atoms with E-state index in [-0.39, 0.29) is 16.8 Å². The summed E-state index contributed by atoms with van der Waals surface area (Å²) in [5.41, 5.74) is -0.455. The van der Waals surface area contributed by atoms with Gasteiger partial charge in [0.1, 0.15) is 5.78 Å². The van der Waals surface area contributed by atoms with E-state index in [9.17, 15) is 9.59 Å². The monoisotopic (exact) mass is 210 g/mol. The van der Waals surface area contributed by atoms with Gasteiger partial charge in [-0.2, -0.15) is 0 Å². The lowest BCUT2D eigenvalue weighted by Crippen LogP contribution is -2.37. The molecule has 2 aliphatic rings. The average molecular weight is 210 g/mol. The fraction of sp³-hybridized carbons (Fsp3) is 0.833. The second kappa shape index (κ2) is 3.06. The molecule has 84 valence electrons. The Balaban J connectivity index is 2.29. The van der Waals surface area contributed by atoms with E-state index in [1.807, 2.05) is 6.92 Å². The van der Waals surface area contributed by atoms with Gasteiger partial charge < -0.3 is 4.74 Å². The Hall–Kier alpha value is -0.860. The summed E-state index contributed by atoms with van der Waals surface area (Å²) in [6.07, 6.45) is 3.06. The molecule has 0 aliphatic heterocycles. The average Bonchev–Trinajstić information content (AvgIpc) is 2.52. The minimum atomic E-state index is -0.286. The molecule has 0 heterocycles. The van der Waals surface area contributed by atoms with Gasteiger partial charge in [0.25, 0.3) is 0 Å². The van der Waals surface area contributed by atoms with Gasteiger partial charge in [-0.15, -0.1) is 0 Å². The molecule has 0 spiro atoms. The minimum Gasteiger partial charge on any atom is -0.469 e. The first-order chi connectivity index (χ1) is 6.94. The highest BCUT2D eigenvalue weighted by Gasteiger charge is 2.64. The van der Waals surface area contributed by atoms with Gasteiger partial charge in [-0.05, 0) is 24.2 Å². The molecule has 0 unspecified atom stereocenters. The first-order valence-corrected chi connectivity index (χ1v) is 5.54. The number of fused-ring (bicyclic) bond motifs is 2.